The van der Waals surface area contributed by atoms with Crippen LogP contribution in [0.5, 0.6) is 0 Å². The number of hydrogen-bond acceptors (Lipinski definition) is 5. The van der Waals surface area contributed by atoms with Gasteiger partial charge in [0.25, 0.3) is 5.91 Å². The smallest absolute Gasteiger partial charge is 0.273 e. The van der Waals surface area contributed by atoms with Gasteiger partial charge in [-0.05, 0) is 30.2 Å². The standard InChI is InChI=1S/C21H25N5O2/c1-16-20(21(27)23-13-12-22-14-15-28-2)24-25-26(16)19-10-8-18(9-11-19)17-6-4-3-5-7-17/h3-11,22H,12-15H2,1-2H3,(H,23,27). The molecule has 0 atom stereocenters. The second kappa shape index (κ2) is 9.77. The highest BCUT2D eigenvalue weighted by molar-refractivity contribution is 5.93. The van der Waals surface area contributed by atoms with E-state index in [0.717, 1.165) is 23.4 Å². The Morgan fingerprint density at radius 2 is 1.71 bits per heavy atom. The Morgan fingerprint density at radius 1 is 1.00 bits per heavy atom. The number of ether oxygens (including phenoxy) is 1. The first-order chi connectivity index (χ1) is 13.7. The number of rotatable bonds is 9. The molecule has 0 aliphatic rings. The lowest BCUT2D eigenvalue weighted by Gasteiger charge is -2.07. The number of amides is 1. The number of methoxy groups -OCH3 is 1. The quantitative estimate of drug-likeness (QED) is 0.557. The third-order valence-corrected chi connectivity index (χ3v) is 4.40. The molecule has 7 heteroatoms. The zero-order valence-electron chi connectivity index (χ0n) is 16.2. The lowest BCUT2D eigenvalue weighted by molar-refractivity contribution is 0.0948. The second-order valence-electron chi connectivity index (χ2n) is 6.35. The molecule has 2 N–H and O–H groups in total. The van der Waals surface area contributed by atoms with Crippen molar-refractivity contribution in [2.45, 2.75) is 6.92 Å². The van der Waals surface area contributed by atoms with E-state index in [1.807, 2.05) is 49.4 Å². The summed E-state index contributed by atoms with van der Waals surface area (Å²) in [5, 5.41) is 14.2. The fraction of sp³-hybridized carbons (Fsp3) is 0.286. The molecule has 0 saturated heterocycles. The Labute approximate surface area is 164 Å². The van der Waals surface area contributed by atoms with Gasteiger partial charge in [-0.1, -0.05) is 47.7 Å². The van der Waals surface area contributed by atoms with Crippen LogP contribution in [0.1, 0.15) is 16.2 Å². The number of carbonyl (C=O) groups is 1. The van der Waals surface area contributed by atoms with Crippen LogP contribution < -0.4 is 10.6 Å². The van der Waals surface area contributed by atoms with Gasteiger partial charge < -0.3 is 15.4 Å². The Balaban J connectivity index is 1.63. The van der Waals surface area contributed by atoms with Crippen molar-refractivity contribution in [3.8, 4) is 16.8 Å². The van der Waals surface area contributed by atoms with Crippen LogP contribution in [0.15, 0.2) is 54.6 Å². The van der Waals surface area contributed by atoms with Crippen LogP contribution in [-0.2, 0) is 4.74 Å². The number of hydrogen-bond donors (Lipinski definition) is 2. The van der Waals surface area contributed by atoms with Gasteiger partial charge in [0, 0.05) is 26.7 Å². The first-order valence-corrected chi connectivity index (χ1v) is 9.26. The normalized spacial score (nSPS) is 10.8. The van der Waals surface area contributed by atoms with Crippen LogP contribution in [0.25, 0.3) is 16.8 Å². The maximum atomic E-state index is 12.4. The lowest BCUT2D eigenvalue weighted by atomic mass is 10.1. The summed E-state index contributed by atoms with van der Waals surface area (Å²) >= 11 is 0. The van der Waals surface area contributed by atoms with E-state index in [1.165, 1.54) is 0 Å². The first-order valence-electron chi connectivity index (χ1n) is 9.26. The summed E-state index contributed by atoms with van der Waals surface area (Å²) in [6, 6.07) is 18.2. The molecule has 2 aromatic carbocycles. The summed E-state index contributed by atoms with van der Waals surface area (Å²) in [5.74, 6) is -0.224. The maximum absolute atomic E-state index is 12.4. The predicted octanol–water partition coefficient (Wildman–Crippen LogP) is 2.21. The molecular formula is C21H25N5O2. The van der Waals surface area contributed by atoms with Crippen molar-refractivity contribution in [3.05, 3.63) is 66.0 Å². The van der Waals surface area contributed by atoms with Gasteiger partial charge in [-0.2, -0.15) is 0 Å². The van der Waals surface area contributed by atoms with E-state index in [-0.39, 0.29) is 5.91 Å². The van der Waals surface area contributed by atoms with E-state index in [0.29, 0.717) is 31.1 Å². The molecule has 0 unspecified atom stereocenters. The van der Waals surface area contributed by atoms with Crippen molar-refractivity contribution >= 4 is 5.91 Å². The van der Waals surface area contributed by atoms with Crippen molar-refractivity contribution in [2.75, 3.05) is 33.4 Å². The van der Waals surface area contributed by atoms with Crippen LogP contribution in [0.4, 0.5) is 0 Å². The van der Waals surface area contributed by atoms with Crippen molar-refractivity contribution < 1.29 is 9.53 Å². The van der Waals surface area contributed by atoms with Gasteiger partial charge >= 0.3 is 0 Å². The zero-order valence-corrected chi connectivity index (χ0v) is 16.2. The molecule has 1 heterocycles. The van der Waals surface area contributed by atoms with Gasteiger partial charge in [-0.15, -0.1) is 5.10 Å². The SMILES string of the molecule is COCCNCCNC(=O)c1nnn(-c2ccc(-c3ccccc3)cc2)c1C. The molecule has 0 fully saturated rings. The van der Waals surface area contributed by atoms with Gasteiger partial charge in [-0.25, -0.2) is 4.68 Å². The monoisotopic (exact) mass is 379 g/mol. The van der Waals surface area contributed by atoms with Gasteiger partial charge in [-0.3, -0.25) is 4.79 Å². The fourth-order valence-corrected chi connectivity index (χ4v) is 2.86. The van der Waals surface area contributed by atoms with Crippen molar-refractivity contribution in [2.24, 2.45) is 0 Å². The number of nitrogens with one attached hydrogen (secondary N) is 2. The number of carbonyl (C=O) groups excluding carboxylic acids is 1. The highest BCUT2D eigenvalue weighted by Crippen LogP contribution is 2.21. The predicted molar refractivity (Wildman–Crippen MR) is 109 cm³/mol. The Hall–Kier alpha value is -3.03. The van der Waals surface area contributed by atoms with Gasteiger partial charge in [0.1, 0.15) is 0 Å². The molecule has 3 rings (SSSR count). The average Bonchev–Trinajstić information content (AvgIpc) is 3.12. The fourth-order valence-electron chi connectivity index (χ4n) is 2.86. The van der Waals surface area contributed by atoms with E-state index in [1.54, 1.807) is 11.8 Å². The molecule has 0 aliphatic heterocycles. The van der Waals surface area contributed by atoms with Gasteiger partial charge in [0.15, 0.2) is 5.69 Å². The number of benzene rings is 2. The molecule has 3 aromatic rings. The third-order valence-electron chi connectivity index (χ3n) is 4.40. The molecule has 0 saturated carbocycles. The van der Waals surface area contributed by atoms with Crippen LogP contribution in [-0.4, -0.2) is 54.3 Å². The third kappa shape index (κ3) is 4.82. The Bertz CT molecular complexity index is 891. The van der Waals surface area contributed by atoms with Crippen molar-refractivity contribution in [1.82, 2.24) is 25.6 Å². The molecule has 1 amide bonds. The van der Waals surface area contributed by atoms with Crippen LogP contribution in [0.3, 0.4) is 0 Å². The maximum Gasteiger partial charge on any atom is 0.273 e. The average molecular weight is 379 g/mol. The molecule has 1 aromatic heterocycles. The summed E-state index contributed by atoms with van der Waals surface area (Å²) in [4.78, 5) is 12.4. The molecule has 146 valence electrons. The summed E-state index contributed by atoms with van der Waals surface area (Å²) in [6.45, 7) is 4.42. The molecule has 0 radical (unpaired) electrons. The number of aromatic nitrogens is 3. The Morgan fingerprint density at radius 3 is 2.43 bits per heavy atom. The van der Waals surface area contributed by atoms with Gasteiger partial charge in [0.2, 0.25) is 0 Å². The molecule has 28 heavy (non-hydrogen) atoms. The van der Waals surface area contributed by atoms with E-state index in [4.69, 9.17) is 4.74 Å². The topological polar surface area (TPSA) is 81.1 Å². The highest BCUT2D eigenvalue weighted by Gasteiger charge is 2.16. The van der Waals surface area contributed by atoms with Gasteiger partial charge in [0.05, 0.1) is 18.0 Å². The van der Waals surface area contributed by atoms with Crippen molar-refractivity contribution in [3.63, 3.8) is 0 Å². The Kier molecular flexibility index (Phi) is 6.89. The van der Waals surface area contributed by atoms with Crippen LogP contribution >= 0.6 is 0 Å². The number of nitrogens with zero attached hydrogens (tertiary/aromatic N) is 3. The minimum Gasteiger partial charge on any atom is -0.383 e. The minimum absolute atomic E-state index is 0.224. The van der Waals surface area contributed by atoms with Crippen LogP contribution in [0, 0.1) is 6.92 Å². The van der Waals surface area contributed by atoms with E-state index in [2.05, 4.69) is 33.1 Å². The van der Waals surface area contributed by atoms with Crippen molar-refractivity contribution in [1.29, 1.82) is 0 Å². The largest absolute Gasteiger partial charge is 0.383 e. The molecular weight excluding hydrogens is 354 g/mol. The summed E-state index contributed by atoms with van der Waals surface area (Å²) < 4.78 is 6.64. The molecule has 0 aliphatic carbocycles. The summed E-state index contributed by atoms with van der Waals surface area (Å²) in [7, 11) is 1.66. The van der Waals surface area contributed by atoms with E-state index in [9.17, 15) is 4.79 Å². The van der Waals surface area contributed by atoms with Crippen LogP contribution in [0.2, 0.25) is 0 Å². The van der Waals surface area contributed by atoms with E-state index < -0.39 is 0 Å². The summed E-state index contributed by atoms with van der Waals surface area (Å²) in [5.41, 5.74) is 4.19. The summed E-state index contributed by atoms with van der Waals surface area (Å²) in [6.07, 6.45) is 0. The highest BCUT2D eigenvalue weighted by atomic mass is 16.5. The lowest BCUT2D eigenvalue weighted by Crippen LogP contribution is -2.33. The second-order valence-corrected chi connectivity index (χ2v) is 6.35. The molecule has 7 nitrogen and oxygen atoms in total. The minimum atomic E-state index is -0.224. The van der Waals surface area contributed by atoms with E-state index >= 15 is 0 Å². The first kappa shape index (κ1) is 19.7. The molecule has 0 bridgehead atoms. The molecule has 0 spiro atoms. The zero-order chi connectivity index (χ0) is 19.8.